The van der Waals surface area contributed by atoms with Crippen LogP contribution < -0.4 is 5.32 Å². The van der Waals surface area contributed by atoms with Crippen molar-refractivity contribution in [2.75, 3.05) is 25.0 Å². The van der Waals surface area contributed by atoms with Gasteiger partial charge < -0.3 is 10.2 Å². The summed E-state index contributed by atoms with van der Waals surface area (Å²) in [5.74, 6) is 1.56. The summed E-state index contributed by atoms with van der Waals surface area (Å²) in [4.78, 5) is 2.62. The summed E-state index contributed by atoms with van der Waals surface area (Å²) in [6.45, 7) is 5.27. The van der Waals surface area contributed by atoms with Crippen molar-refractivity contribution in [1.29, 1.82) is 5.26 Å². The molecule has 19 heavy (non-hydrogen) atoms. The summed E-state index contributed by atoms with van der Waals surface area (Å²) in [5.41, 5.74) is 1.48. The minimum Gasteiger partial charge on any atom is -0.369 e. The van der Waals surface area contributed by atoms with E-state index in [0.29, 0.717) is 11.5 Å². The van der Waals surface area contributed by atoms with Crippen molar-refractivity contribution in [2.45, 2.75) is 32.2 Å². The second-order valence-corrected chi connectivity index (χ2v) is 5.81. The van der Waals surface area contributed by atoms with Crippen molar-refractivity contribution in [1.82, 2.24) is 14.7 Å². The molecular weight excluding hydrogens is 238 g/mol. The Morgan fingerprint density at radius 2 is 2.21 bits per heavy atom. The molecule has 1 saturated carbocycles. The quantitative estimate of drug-likeness (QED) is 0.890. The zero-order valence-corrected chi connectivity index (χ0v) is 11.7. The summed E-state index contributed by atoms with van der Waals surface area (Å²) in [5, 5.41) is 16.9. The second-order valence-electron chi connectivity index (χ2n) is 5.81. The van der Waals surface area contributed by atoms with Gasteiger partial charge in [0.05, 0.1) is 5.69 Å². The highest BCUT2D eigenvalue weighted by Gasteiger charge is 2.34. The van der Waals surface area contributed by atoms with Crippen LogP contribution in [0.1, 0.15) is 30.5 Å². The van der Waals surface area contributed by atoms with Gasteiger partial charge in [-0.25, -0.2) is 0 Å². The first-order chi connectivity index (χ1) is 9.19. The summed E-state index contributed by atoms with van der Waals surface area (Å²) in [6.07, 6.45) is 4.04. The van der Waals surface area contributed by atoms with Crippen LogP contribution in [-0.4, -0.2) is 40.4 Å². The molecule has 1 unspecified atom stereocenters. The third-order valence-corrected chi connectivity index (χ3v) is 4.27. The van der Waals surface area contributed by atoms with Gasteiger partial charge in [0, 0.05) is 26.2 Å². The molecule has 1 aliphatic heterocycles. The van der Waals surface area contributed by atoms with E-state index in [1.807, 2.05) is 14.0 Å². The molecule has 1 saturated heterocycles. The highest BCUT2D eigenvalue weighted by Crippen LogP contribution is 2.31. The molecule has 1 aromatic heterocycles. The molecule has 1 atom stereocenters. The fraction of sp³-hybridized carbons (Fsp3) is 0.714. The molecule has 2 heterocycles. The minimum atomic E-state index is 0.680. The van der Waals surface area contributed by atoms with Gasteiger partial charge in [-0.05, 0) is 38.6 Å². The van der Waals surface area contributed by atoms with E-state index < -0.39 is 0 Å². The first kappa shape index (κ1) is 12.5. The Bertz CT molecular complexity index is 509. The third kappa shape index (κ3) is 2.45. The van der Waals surface area contributed by atoms with Crippen LogP contribution in [0, 0.1) is 24.2 Å². The maximum atomic E-state index is 9.18. The Labute approximate surface area is 114 Å². The number of rotatable bonds is 4. The zero-order chi connectivity index (χ0) is 13.4. The first-order valence-corrected chi connectivity index (χ1v) is 7.10. The van der Waals surface area contributed by atoms with E-state index in [4.69, 9.17) is 0 Å². The van der Waals surface area contributed by atoms with Gasteiger partial charge in [-0.3, -0.25) is 4.68 Å². The van der Waals surface area contributed by atoms with Gasteiger partial charge in [0.25, 0.3) is 0 Å². The van der Waals surface area contributed by atoms with Crippen molar-refractivity contribution in [3.8, 4) is 6.07 Å². The van der Waals surface area contributed by atoms with Crippen molar-refractivity contribution in [3.63, 3.8) is 0 Å². The highest BCUT2D eigenvalue weighted by molar-refractivity contribution is 5.54. The maximum absolute atomic E-state index is 9.18. The Hall–Kier alpha value is -1.54. The first-order valence-electron chi connectivity index (χ1n) is 7.10. The second kappa shape index (κ2) is 4.86. The molecule has 0 spiro atoms. The molecule has 0 aromatic carbocycles. The van der Waals surface area contributed by atoms with Crippen LogP contribution in [0.25, 0.3) is 0 Å². The summed E-state index contributed by atoms with van der Waals surface area (Å²) in [7, 11) is 1.89. The predicted molar refractivity (Wildman–Crippen MR) is 73.9 cm³/mol. The number of likely N-dealkylation sites (tertiary alicyclic amines) is 1. The number of aromatic nitrogens is 2. The van der Waals surface area contributed by atoms with Crippen LogP contribution >= 0.6 is 0 Å². The lowest BCUT2D eigenvalue weighted by atomic mass is 10.1. The molecule has 0 radical (unpaired) electrons. The van der Waals surface area contributed by atoms with E-state index in [-0.39, 0.29) is 0 Å². The van der Waals surface area contributed by atoms with E-state index in [1.54, 1.807) is 4.68 Å². The van der Waals surface area contributed by atoms with Crippen LogP contribution in [0.3, 0.4) is 0 Å². The number of hydrogen-bond acceptors (Lipinski definition) is 4. The van der Waals surface area contributed by atoms with Crippen LogP contribution in [-0.2, 0) is 7.05 Å². The van der Waals surface area contributed by atoms with Crippen LogP contribution in [0.5, 0.6) is 0 Å². The Balaban J connectivity index is 1.59. The number of nitrogens with one attached hydrogen (secondary N) is 1. The SMILES string of the molecule is Cc1nn(C)c(NCC2CCN(C3CC3)C2)c1C#N. The molecule has 2 fully saturated rings. The molecule has 1 aliphatic carbocycles. The largest absolute Gasteiger partial charge is 0.369 e. The molecule has 0 bridgehead atoms. The van der Waals surface area contributed by atoms with Crippen LogP contribution in [0.4, 0.5) is 5.82 Å². The van der Waals surface area contributed by atoms with Crippen molar-refractivity contribution >= 4 is 5.82 Å². The number of hydrogen-bond donors (Lipinski definition) is 1. The highest BCUT2D eigenvalue weighted by atomic mass is 15.3. The molecule has 3 rings (SSSR count). The monoisotopic (exact) mass is 259 g/mol. The molecule has 1 N–H and O–H groups in total. The lowest BCUT2D eigenvalue weighted by Gasteiger charge is -2.15. The van der Waals surface area contributed by atoms with E-state index in [0.717, 1.165) is 24.1 Å². The lowest BCUT2D eigenvalue weighted by molar-refractivity contribution is 0.316. The van der Waals surface area contributed by atoms with Gasteiger partial charge in [0.2, 0.25) is 0 Å². The van der Waals surface area contributed by atoms with Crippen molar-refractivity contribution < 1.29 is 0 Å². The smallest absolute Gasteiger partial charge is 0.142 e. The Morgan fingerprint density at radius 1 is 1.42 bits per heavy atom. The van der Waals surface area contributed by atoms with Crippen LogP contribution in [0.2, 0.25) is 0 Å². The van der Waals surface area contributed by atoms with Gasteiger partial charge in [0.1, 0.15) is 17.5 Å². The predicted octanol–water partition coefficient (Wildman–Crippen LogP) is 1.50. The number of anilines is 1. The molecule has 5 nitrogen and oxygen atoms in total. The standard InChI is InChI=1S/C14H21N5/c1-10-13(7-15)14(18(2)17-10)16-8-11-5-6-19(9-11)12-3-4-12/h11-12,16H,3-6,8-9H2,1-2H3. The molecule has 102 valence electrons. The third-order valence-electron chi connectivity index (χ3n) is 4.27. The average molecular weight is 259 g/mol. The summed E-state index contributed by atoms with van der Waals surface area (Å²) < 4.78 is 1.78. The van der Waals surface area contributed by atoms with Crippen molar-refractivity contribution in [3.05, 3.63) is 11.3 Å². The van der Waals surface area contributed by atoms with Gasteiger partial charge in [-0.2, -0.15) is 10.4 Å². The Kier molecular flexibility index (Phi) is 3.19. The molecular formula is C14H21N5. The van der Waals surface area contributed by atoms with Crippen molar-refractivity contribution in [2.24, 2.45) is 13.0 Å². The summed E-state index contributed by atoms with van der Waals surface area (Å²) >= 11 is 0. The van der Waals surface area contributed by atoms with E-state index in [2.05, 4.69) is 21.4 Å². The normalized spacial score (nSPS) is 23.5. The van der Waals surface area contributed by atoms with Gasteiger partial charge in [0.15, 0.2) is 0 Å². The lowest BCUT2D eigenvalue weighted by Crippen LogP contribution is -2.25. The van der Waals surface area contributed by atoms with Crippen LogP contribution in [0.15, 0.2) is 0 Å². The van der Waals surface area contributed by atoms with Gasteiger partial charge in [-0.15, -0.1) is 0 Å². The van der Waals surface area contributed by atoms with Gasteiger partial charge in [-0.1, -0.05) is 0 Å². The number of aryl methyl sites for hydroxylation is 2. The fourth-order valence-electron chi connectivity index (χ4n) is 3.04. The van der Waals surface area contributed by atoms with Gasteiger partial charge >= 0.3 is 0 Å². The van der Waals surface area contributed by atoms with E-state index in [9.17, 15) is 5.26 Å². The topological polar surface area (TPSA) is 56.9 Å². The molecule has 5 heteroatoms. The molecule has 0 amide bonds. The Morgan fingerprint density at radius 3 is 2.89 bits per heavy atom. The maximum Gasteiger partial charge on any atom is 0.142 e. The number of nitrogens with zero attached hydrogens (tertiary/aromatic N) is 4. The zero-order valence-electron chi connectivity index (χ0n) is 11.7. The van der Waals surface area contributed by atoms with E-state index in [1.165, 1.54) is 32.4 Å². The molecule has 1 aromatic rings. The number of nitriles is 1. The summed E-state index contributed by atoms with van der Waals surface area (Å²) in [6, 6.07) is 3.11. The average Bonchev–Trinajstić information content (AvgIpc) is 3.06. The van der Waals surface area contributed by atoms with E-state index >= 15 is 0 Å². The minimum absolute atomic E-state index is 0.680. The fourth-order valence-corrected chi connectivity index (χ4v) is 3.04. The molecule has 2 aliphatic rings.